The third kappa shape index (κ3) is 0.816. The summed E-state index contributed by atoms with van der Waals surface area (Å²) in [5, 5.41) is 0. The van der Waals surface area contributed by atoms with Crippen LogP contribution in [0.15, 0.2) is 12.2 Å². The van der Waals surface area contributed by atoms with Crippen molar-refractivity contribution in [2.24, 2.45) is 65.1 Å². The molecule has 0 aromatic carbocycles. The largest absolute Gasteiger partial charge is 0.0848 e. The lowest BCUT2D eigenvalue weighted by atomic mass is 9.59. The van der Waals surface area contributed by atoms with Crippen LogP contribution in [0.25, 0.3) is 0 Å². The van der Waals surface area contributed by atoms with E-state index in [1.807, 2.05) is 0 Å². The van der Waals surface area contributed by atoms with Crippen LogP contribution < -0.4 is 0 Å². The van der Waals surface area contributed by atoms with Gasteiger partial charge in [-0.3, -0.25) is 0 Å². The first-order chi connectivity index (χ1) is 8.83. The number of fused-ring (bicyclic) bond motifs is 16. The van der Waals surface area contributed by atoms with Gasteiger partial charge in [-0.05, 0) is 90.8 Å². The van der Waals surface area contributed by atoms with Gasteiger partial charge in [0.05, 0.1) is 0 Å². The lowest BCUT2D eigenvalue weighted by Crippen LogP contribution is -2.41. The number of hydrogen-bond donors (Lipinski definition) is 0. The third-order valence-electron chi connectivity index (χ3n) is 8.57. The molecule has 18 heavy (non-hydrogen) atoms. The minimum absolute atomic E-state index is 1.02. The quantitative estimate of drug-likeness (QED) is 0.444. The highest BCUT2D eigenvalue weighted by Crippen LogP contribution is 2.76. The summed E-state index contributed by atoms with van der Waals surface area (Å²) in [6.45, 7) is 2.56. The summed E-state index contributed by atoms with van der Waals surface area (Å²) in [6, 6.07) is 0. The number of rotatable bonds is 0. The first kappa shape index (κ1) is 9.61. The van der Waals surface area contributed by atoms with Gasteiger partial charge >= 0.3 is 0 Å². The molecule has 0 N–H and O–H groups in total. The minimum Gasteiger partial charge on any atom is -0.0848 e. The normalized spacial score (nSPS) is 73.3. The monoisotopic (exact) mass is 240 g/mol. The second kappa shape index (κ2) is 2.76. The van der Waals surface area contributed by atoms with Crippen molar-refractivity contribution < 1.29 is 0 Å². The second-order valence-corrected chi connectivity index (χ2v) is 8.69. The van der Waals surface area contributed by atoms with Crippen LogP contribution in [-0.4, -0.2) is 0 Å². The standard InChI is InChI=1S/C18H24/c1-8-4-11-6-12(8)18-14-7-13(17(11)18)15-9-2-3-10(5-9)16(14)15/h2-3,8-18H,4-7H2,1H3/t8-,9+,10-,11+,12-,13-,14+,15?,16?,17?,18?/m1/s1. The number of hydrogen-bond acceptors (Lipinski definition) is 0. The van der Waals surface area contributed by atoms with E-state index in [0.29, 0.717) is 0 Å². The highest BCUT2D eigenvalue weighted by atomic mass is 14.7. The van der Waals surface area contributed by atoms with E-state index in [9.17, 15) is 0 Å². The molecule has 0 heterocycles. The van der Waals surface area contributed by atoms with Gasteiger partial charge < -0.3 is 0 Å². The molecule has 0 amide bonds. The summed E-state index contributed by atoms with van der Waals surface area (Å²) in [4.78, 5) is 0. The molecule has 0 radical (unpaired) electrons. The fourth-order valence-electron chi connectivity index (χ4n) is 8.58. The SMILES string of the molecule is C[C@@H]1C[C@H]2C[C@H]1C1C2[C@@H]2C[C@H]1C1C2[C@H]2C=C[C@@H]1C2. The average Bonchev–Trinajstić information content (AvgIpc) is 3.14. The molecule has 0 aromatic heterocycles. The zero-order chi connectivity index (χ0) is 11.6. The summed E-state index contributed by atoms with van der Waals surface area (Å²) in [6.07, 6.45) is 11.6. The Balaban J connectivity index is 1.46. The van der Waals surface area contributed by atoms with E-state index in [2.05, 4.69) is 19.1 Å². The van der Waals surface area contributed by atoms with Crippen LogP contribution in [0.5, 0.6) is 0 Å². The third-order valence-corrected chi connectivity index (χ3v) is 8.57. The fraction of sp³-hybridized carbons (Fsp3) is 0.889. The van der Waals surface area contributed by atoms with Crippen molar-refractivity contribution in [1.29, 1.82) is 0 Å². The first-order valence-corrected chi connectivity index (χ1v) is 8.51. The van der Waals surface area contributed by atoms with Crippen LogP contribution in [0.1, 0.15) is 32.6 Å². The van der Waals surface area contributed by atoms with E-state index in [-0.39, 0.29) is 0 Å². The van der Waals surface area contributed by atoms with Crippen LogP contribution >= 0.6 is 0 Å². The van der Waals surface area contributed by atoms with Gasteiger partial charge in [0.25, 0.3) is 0 Å². The smallest absolute Gasteiger partial charge is 0.0194 e. The summed E-state index contributed by atoms with van der Waals surface area (Å²) in [5.74, 6) is 12.5. The molecule has 0 aliphatic heterocycles. The molecule has 5 saturated carbocycles. The second-order valence-electron chi connectivity index (χ2n) is 8.69. The summed E-state index contributed by atoms with van der Waals surface area (Å²) < 4.78 is 0. The Labute approximate surface area is 110 Å². The number of allylic oxidation sites excluding steroid dienone is 2. The van der Waals surface area contributed by atoms with Gasteiger partial charge in [0, 0.05) is 0 Å². The Hall–Kier alpha value is -0.260. The Kier molecular flexibility index (Phi) is 1.48. The Morgan fingerprint density at radius 1 is 0.667 bits per heavy atom. The van der Waals surface area contributed by atoms with Gasteiger partial charge in [0.2, 0.25) is 0 Å². The summed E-state index contributed by atoms with van der Waals surface area (Å²) in [7, 11) is 0. The average molecular weight is 240 g/mol. The van der Waals surface area contributed by atoms with Gasteiger partial charge in [-0.2, -0.15) is 0 Å². The van der Waals surface area contributed by atoms with E-state index < -0.39 is 0 Å². The molecule has 11 atom stereocenters. The van der Waals surface area contributed by atoms with Crippen molar-refractivity contribution in [2.45, 2.75) is 32.6 Å². The predicted octanol–water partition coefficient (Wildman–Crippen LogP) is 3.98. The maximum Gasteiger partial charge on any atom is -0.0194 e. The molecule has 0 spiro atoms. The van der Waals surface area contributed by atoms with Crippen molar-refractivity contribution in [3.63, 3.8) is 0 Å². The Morgan fingerprint density at radius 3 is 2.17 bits per heavy atom. The minimum atomic E-state index is 1.02. The topological polar surface area (TPSA) is 0 Å². The van der Waals surface area contributed by atoms with Crippen molar-refractivity contribution in [2.75, 3.05) is 0 Å². The van der Waals surface area contributed by atoms with Crippen molar-refractivity contribution in [3.8, 4) is 0 Å². The molecule has 6 aliphatic rings. The highest BCUT2D eigenvalue weighted by molar-refractivity contribution is 5.24. The molecule has 0 aromatic rings. The maximum atomic E-state index is 2.61. The van der Waals surface area contributed by atoms with E-state index in [1.165, 1.54) is 23.7 Å². The van der Waals surface area contributed by atoms with Crippen molar-refractivity contribution >= 4 is 0 Å². The van der Waals surface area contributed by atoms with Gasteiger partial charge in [-0.15, -0.1) is 0 Å². The summed E-state index contributed by atoms with van der Waals surface area (Å²) >= 11 is 0. The molecule has 0 heteroatoms. The molecule has 6 bridgehead atoms. The van der Waals surface area contributed by atoms with E-state index in [1.54, 1.807) is 25.7 Å². The van der Waals surface area contributed by atoms with Gasteiger partial charge in [0.15, 0.2) is 0 Å². The van der Waals surface area contributed by atoms with Crippen molar-refractivity contribution in [3.05, 3.63) is 12.2 Å². The molecule has 5 fully saturated rings. The van der Waals surface area contributed by atoms with E-state index >= 15 is 0 Å². The van der Waals surface area contributed by atoms with Crippen LogP contribution in [0.2, 0.25) is 0 Å². The molecule has 6 aliphatic carbocycles. The van der Waals surface area contributed by atoms with E-state index in [0.717, 1.165) is 41.4 Å². The highest BCUT2D eigenvalue weighted by Gasteiger charge is 2.70. The van der Waals surface area contributed by atoms with Gasteiger partial charge in [0.1, 0.15) is 0 Å². The lowest BCUT2D eigenvalue weighted by molar-refractivity contribution is 0.0330. The fourth-order valence-corrected chi connectivity index (χ4v) is 8.58. The predicted molar refractivity (Wildman–Crippen MR) is 71.7 cm³/mol. The maximum absolute atomic E-state index is 2.61. The molecule has 0 nitrogen and oxygen atoms in total. The van der Waals surface area contributed by atoms with Gasteiger partial charge in [-0.1, -0.05) is 19.1 Å². The van der Waals surface area contributed by atoms with Gasteiger partial charge in [-0.25, -0.2) is 0 Å². The van der Waals surface area contributed by atoms with Crippen LogP contribution in [0, 0.1) is 65.1 Å². The summed E-state index contributed by atoms with van der Waals surface area (Å²) in [5.41, 5.74) is 0. The van der Waals surface area contributed by atoms with Crippen LogP contribution in [0.4, 0.5) is 0 Å². The molecule has 4 unspecified atom stereocenters. The molecular weight excluding hydrogens is 216 g/mol. The van der Waals surface area contributed by atoms with E-state index in [4.69, 9.17) is 0 Å². The Morgan fingerprint density at radius 2 is 1.39 bits per heavy atom. The molecular formula is C18H24. The van der Waals surface area contributed by atoms with Crippen LogP contribution in [0.3, 0.4) is 0 Å². The zero-order valence-electron chi connectivity index (χ0n) is 11.3. The first-order valence-electron chi connectivity index (χ1n) is 8.51. The Bertz CT molecular complexity index is 449. The molecule has 6 rings (SSSR count). The van der Waals surface area contributed by atoms with Crippen molar-refractivity contribution in [1.82, 2.24) is 0 Å². The molecule has 0 saturated heterocycles. The zero-order valence-corrected chi connectivity index (χ0v) is 11.3. The van der Waals surface area contributed by atoms with Crippen LogP contribution in [-0.2, 0) is 0 Å². The lowest BCUT2D eigenvalue weighted by Gasteiger charge is -2.45. The molecule has 96 valence electrons.